The Hall–Kier alpha value is -2.39. The maximum Gasteiger partial charge on any atom is 0.338 e. The van der Waals surface area contributed by atoms with E-state index in [9.17, 15) is 4.79 Å². The molecule has 0 N–H and O–H groups in total. The van der Waals surface area contributed by atoms with Crippen LogP contribution < -0.4 is 0 Å². The van der Waals surface area contributed by atoms with Crippen LogP contribution in [-0.2, 0) is 17.0 Å². The van der Waals surface area contributed by atoms with Crippen molar-refractivity contribution in [2.24, 2.45) is 0 Å². The molecule has 7 heteroatoms. The summed E-state index contributed by atoms with van der Waals surface area (Å²) in [5.74, 6) is 0.488. The lowest BCUT2D eigenvalue weighted by molar-refractivity contribution is 0.0526. The second kappa shape index (κ2) is 9.61. The summed E-state index contributed by atoms with van der Waals surface area (Å²) in [6.07, 6.45) is 1.80. The lowest BCUT2D eigenvalue weighted by Gasteiger charge is -2.09. The number of aromatic nitrogens is 3. The normalized spacial score (nSPS) is 11.0. The van der Waals surface area contributed by atoms with E-state index in [0.29, 0.717) is 18.7 Å². The molecule has 30 heavy (non-hydrogen) atoms. The molecule has 0 spiro atoms. The van der Waals surface area contributed by atoms with Gasteiger partial charge in [-0.15, -0.1) is 0 Å². The van der Waals surface area contributed by atoms with Crippen LogP contribution in [0.2, 0.25) is 0 Å². The Labute approximate surface area is 193 Å². The Morgan fingerprint density at radius 1 is 1.13 bits per heavy atom. The molecule has 0 radical (unpaired) electrons. The zero-order valence-electron chi connectivity index (χ0n) is 16.4. The van der Waals surface area contributed by atoms with Crippen molar-refractivity contribution >= 4 is 51.4 Å². The molecule has 152 valence electrons. The Morgan fingerprint density at radius 3 is 2.73 bits per heavy atom. The zero-order chi connectivity index (χ0) is 20.9. The molecule has 0 fully saturated rings. The van der Waals surface area contributed by atoms with E-state index in [2.05, 4.69) is 50.3 Å². The van der Waals surface area contributed by atoms with Crippen LogP contribution in [-0.4, -0.2) is 27.1 Å². The minimum absolute atomic E-state index is 0.327. The van der Waals surface area contributed by atoms with Crippen molar-refractivity contribution in [2.45, 2.75) is 24.4 Å². The van der Waals surface area contributed by atoms with Gasteiger partial charge in [-0.1, -0.05) is 36.0 Å². The van der Waals surface area contributed by atoms with E-state index in [1.807, 2.05) is 30.3 Å². The van der Waals surface area contributed by atoms with Gasteiger partial charge in [0.2, 0.25) is 0 Å². The second-order valence-corrected chi connectivity index (χ2v) is 8.71. The Balaban J connectivity index is 1.71. The zero-order valence-corrected chi connectivity index (χ0v) is 19.4. The van der Waals surface area contributed by atoms with Gasteiger partial charge >= 0.3 is 5.97 Å². The smallest absolute Gasteiger partial charge is 0.338 e. The number of esters is 1. The molecule has 0 amide bonds. The third-order valence-electron chi connectivity index (χ3n) is 4.59. The molecule has 2 heterocycles. The van der Waals surface area contributed by atoms with Crippen molar-refractivity contribution in [1.82, 2.24) is 14.5 Å². The fourth-order valence-corrected chi connectivity index (χ4v) is 4.98. The lowest BCUT2D eigenvalue weighted by atomic mass is 10.2. The van der Waals surface area contributed by atoms with Gasteiger partial charge < -0.3 is 9.30 Å². The van der Waals surface area contributed by atoms with Crippen molar-refractivity contribution in [3.63, 3.8) is 0 Å². The van der Waals surface area contributed by atoms with Gasteiger partial charge in [0, 0.05) is 15.5 Å². The number of halogens is 1. The Bertz CT molecular complexity index is 1180. The molecule has 0 saturated carbocycles. The van der Waals surface area contributed by atoms with Crippen LogP contribution in [0, 0.1) is 3.57 Å². The highest BCUT2D eigenvalue weighted by atomic mass is 127. The standard InChI is InChI=1S/C23H20IN3O2S/c1-2-29-22(28)16-10-11-21-20(13-16)26-23(27(21)14-18-8-5-6-12-25-18)30-15-17-7-3-4-9-19(17)24/h3-13H,2,14-15H2,1H3. The van der Waals surface area contributed by atoms with E-state index < -0.39 is 0 Å². The van der Waals surface area contributed by atoms with E-state index >= 15 is 0 Å². The summed E-state index contributed by atoms with van der Waals surface area (Å²) in [6.45, 7) is 2.77. The molecule has 0 saturated heterocycles. The van der Waals surface area contributed by atoms with Gasteiger partial charge in [0.1, 0.15) is 0 Å². The second-order valence-electron chi connectivity index (χ2n) is 6.61. The molecule has 0 unspecified atom stereocenters. The highest BCUT2D eigenvalue weighted by Gasteiger charge is 2.16. The molecule has 0 aliphatic heterocycles. The molecule has 0 atom stereocenters. The van der Waals surface area contributed by atoms with Crippen molar-refractivity contribution in [1.29, 1.82) is 0 Å². The van der Waals surface area contributed by atoms with E-state index in [0.717, 1.165) is 27.6 Å². The monoisotopic (exact) mass is 529 g/mol. The number of nitrogens with zero attached hydrogens (tertiary/aromatic N) is 3. The number of hydrogen-bond acceptors (Lipinski definition) is 5. The van der Waals surface area contributed by atoms with E-state index in [4.69, 9.17) is 9.72 Å². The first-order chi connectivity index (χ1) is 14.7. The summed E-state index contributed by atoms with van der Waals surface area (Å²) in [5.41, 5.74) is 4.50. The average Bonchev–Trinajstić information content (AvgIpc) is 3.10. The third-order valence-corrected chi connectivity index (χ3v) is 6.66. The van der Waals surface area contributed by atoms with E-state index in [-0.39, 0.29) is 5.97 Å². The first-order valence-electron chi connectivity index (χ1n) is 9.59. The molecular formula is C23H20IN3O2S. The van der Waals surface area contributed by atoms with Gasteiger partial charge in [0.25, 0.3) is 0 Å². The van der Waals surface area contributed by atoms with Crippen LogP contribution in [0.5, 0.6) is 0 Å². The Kier molecular flexibility index (Phi) is 6.69. The topological polar surface area (TPSA) is 57.0 Å². The molecule has 0 aliphatic rings. The Morgan fingerprint density at radius 2 is 1.97 bits per heavy atom. The molecule has 2 aromatic heterocycles. The van der Waals surface area contributed by atoms with Gasteiger partial charge in [0.15, 0.2) is 5.16 Å². The predicted molar refractivity (Wildman–Crippen MR) is 128 cm³/mol. The van der Waals surface area contributed by atoms with Gasteiger partial charge in [-0.3, -0.25) is 4.98 Å². The first kappa shape index (κ1) is 20.9. The highest BCUT2D eigenvalue weighted by Crippen LogP contribution is 2.29. The molecule has 4 aromatic rings. The number of carbonyl (C=O) groups is 1. The molecule has 0 bridgehead atoms. The van der Waals surface area contributed by atoms with Gasteiger partial charge in [-0.05, 0) is 71.5 Å². The van der Waals surface area contributed by atoms with E-state index in [1.54, 1.807) is 37.0 Å². The lowest BCUT2D eigenvalue weighted by Crippen LogP contribution is -2.05. The van der Waals surface area contributed by atoms with Crippen molar-refractivity contribution in [3.05, 3.63) is 87.3 Å². The third kappa shape index (κ3) is 4.67. The van der Waals surface area contributed by atoms with Crippen molar-refractivity contribution in [3.8, 4) is 0 Å². The summed E-state index contributed by atoms with van der Waals surface area (Å²) < 4.78 is 8.53. The SMILES string of the molecule is CCOC(=O)c1ccc2c(c1)nc(SCc1ccccc1I)n2Cc1ccccn1. The van der Waals surface area contributed by atoms with Crippen LogP contribution in [0.3, 0.4) is 0 Å². The predicted octanol–water partition coefficient (Wildman–Crippen LogP) is 5.55. The van der Waals surface area contributed by atoms with E-state index in [1.165, 1.54) is 9.13 Å². The van der Waals surface area contributed by atoms with Crippen molar-refractivity contribution < 1.29 is 9.53 Å². The average molecular weight is 529 g/mol. The molecule has 0 aliphatic carbocycles. The van der Waals surface area contributed by atoms with Gasteiger partial charge in [0.05, 0.1) is 35.4 Å². The first-order valence-corrected chi connectivity index (χ1v) is 11.7. The molecule has 4 rings (SSSR count). The highest BCUT2D eigenvalue weighted by molar-refractivity contribution is 14.1. The summed E-state index contributed by atoms with van der Waals surface area (Å²) in [7, 11) is 0. The number of thioether (sulfide) groups is 1. The van der Waals surface area contributed by atoms with Crippen LogP contribution in [0.1, 0.15) is 28.5 Å². The number of imidazole rings is 1. The number of carbonyl (C=O) groups excluding carboxylic acids is 1. The number of fused-ring (bicyclic) bond motifs is 1. The number of pyridine rings is 1. The number of rotatable bonds is 7. The molecular weight excluding hydrogens is 509 g/mol. The summed E-state index contributed by atoms with van der Waals surface area (Å²) in [5, 5.41) is 0.899. The molecule has 5 nitrogen and oxygen atoms in total. The summed E-state index contributed by atoms with van der Waals surface area (Å²) in [4.78, 5) is 21.5. The summed E-state index contributed by atoms with van der Waals surface area (Å²) in [6, 6.07) is 19.8. The number of ether oxygens (including phenoxy) is 1. The fraction of sp³-hybridized carbons (Fsp3) is 0.174. The van der Waals surface area contributed by atoms with Crippen LogP contribution in [0.15, 0.2) is 72.0 Å². The quantitative estimate of drug-likeness (QED) is 0.179. The maximum absolute atomic E-state index is 12.1. The number of hydrogen-bond donors (Lipinski definition) is 0. The minimum atomic E-state index is -0.327. The fourth-order valence-electron chi connectivity index (χ4n) is 3.12. The van der Waals surface area contributed by atoms with Crippen LogP contribution >= 0.6 is 34.4 Å². The summed E-state index contributed by atoms with van der Waals surface area (Å²) >= 11 is 4.05. The van der Waals surface area contributed by atoms with Gasteiger partial charge in [-0.25, -0.2) is 9.78 Å². The largest absolute Gasteiger partial charge is 0.462 e. The van der Waals surface area contributed by atoms with Gasteiger partial charge in [-0.2, -0.15) is 0 Å². The van der Waals surface area contributed by atoms with Crippen LogP contribution in [0.25, 0.3) is 11.0 Å². The van der Waals surface area contributed by atoms with Crippen molar-refractivity contribution in [2.75, 3.05) is 6.61 Å². The molecule has 2 aromatic carbocycles. The van der Waals surface area contributed by atoms with Crippen LogP contribution in [0.4, 0.5) is 0 Å². The number of benzene rings is 2. The minimum Gasteiger partial charge on any atom is -0.462 e. The maximum atomic E-state index is 12.1.